The second kappa shape index (κ2) is 7.60. The van der Waals surface area contributed by atoms with Gasteiger partial charge in [-0.15, -0.1) is 0 Å². The molecule has 0 spiro atoms. The van der Waals surface area contributed by atoms with E-state index in [-0.39, 0.29) is 18.1 Å². The van der Waals surface area contributed by atoms with Gasteiger partial charge in [-0.25, -0.2) is 0 Å². The van der Waals surface area contributed by atoms with Gasteiger partial charge in [0.15, 0.2) is 0 Å². The summed E-state index contributed by atoms with van der Waals surface area (Å²) in [4.78, 5) is 14.2. The van der Waals surface area contributed by atoms with E-state index in [9.17, 15) is 9.90 Å². The fraction of sp³-hybridized carbons (Fsp3) is 0.350. The van der Waals surface area contributed by atoms with Gasteiger partial charge in [0.25, 0.3) is 0 Å². The Morgan fingerprint density at radius 3 is 2.25 bits per heavy atom. The molecule has 4 nitrogen and oxygen atoms in total. The van der Waals surface area contributed by atoms with E-state index in [1.54, 1.807) is 11.8 Å². The zero-order valence-electron chi connectivity index (χ0n) is 13.8. The Hall–Kier alpha value is -2.17. The van der Waals surface area contributed by atoms with Crippen LogP contribution in [-0.2, 0) is 22.7 Å². The van der Waals surface area contributed by atoms with Gasteiger partial charge in [0, 0.05) is 6.54 Å². The molecule has 0 unspecified atom stereocenters. The zero-order chi connectivity index (χ0) is 16.9. The average molecular weight is 325 g/mol. The molecule has 126 valence electrons. The molecule has 1 amide bonds. The third kappa shape index (κ3) is 3.83. The van der Waals surface area contributed by atoms with E-state index in [2.05, 4.69) is 0 Å². The van der Waals surface area contributed by atoms with Crippen molar-refractivity contribution in [2.24, 2.45) is 0 Å². The number of ether oxygens (including phenoxy) is 1. The maximum Gasteiger partial charge on any atom is 0.226 e. The molecule has 4 heteroatoms. The first-order valence-corrected chi connectivity index (χ1v) is 8.32. The maximum absolute atomic E-state index is 12.5. The van der Waals surface area contributed by atoms with Crippen molar-refractivity contribution < 1.29 is 14.6 Å². The Morgan fingerprint density at radius 1 is 1.08 bits per heavy atom. The van der Waals surface area contributed by atoms with Crippen LogP contribution in [-0.4, -0.2) is 34.2 Å². The Bertz CT molecular complexity index is 657. The van der Waals surface area contributed by atoms with Crippen LogP contribution < -0.4 is 0 Å². The number of benzene rings is 2. The molecule has 0 aliphatic carbocycles. The number of hydrogen-bond donors (Lipinski definition) is 1. The first-order chi connectivity index (χ1) is 11.6. The highest BCUT2D eigenvalue weighted by Crippen LogP contribution is 2.27. The van der Waals surface area contributed by atoms with Gasteiger partial charge in [0.2, 0.25) is 5.91 Å². The molecule has 3 atom stereocenters. The van der Waals surface area contributed by atoms with E-state index in [0.717, 1.165) is 11.1 Å². The van der Waals surface area contributed by atoms with Gasteiger partial charge in [0.1, 0.15) is 0 Å². The average Bonchev–Trinajstić information content (AvgIpc) is 2.91. The summed E-state index contributed by atoms with van der Waals surface area (Å²) in [6.45, 7) is 2.67. The molecule has 1 aliphatic heterocycles. The minimum absolute atomic E-state index is 0.0304. The van der Waals surface area contributed by atoms with Crippen LogP contribution in [0.25, 0.3) is 0 Å². The third-order valence-electron chi connectivity index (χ3n) is 4.43. The maximum atomic E-state index is 12.5. The molecule has 1 fully saturated rings. The Balaban J connectivity index is 1.70. The van der Waals surface area contributed by atoms with Crippen LogP contribution in [0.1, 0.15) is 24.5 Å². The smallest absolute Gasteiger partial charge is 0.226 e. The van der Waals surface area contributed by atoms with E-state index < -0.39 is 6.10 Å². The van der Waals surface area contributed by atoms with Crippen molar-refractivity contribution in [2.45, 2.75) is 44.7 Å². The molecule has 0 saturated carbocycles. The summed E-state index contributed by atoms with van der Waals surface area (Å²) in [7, 11) is 0. The van der Waals surface area contributed by atoms with Gasteiger partial charge in [-0.1, -0.05) is 60.7 Å². The number of carbonyl (C=O) groups is 1. The first kappa shape index (κ1) is 16.7. The van der Waals surface area contributed by atoms with E-state index in [0.29, 0.717) is 19.6 Å². The molecule has 0 aromatic heterocycles. The number of likely N-dealkylation sites (tertiary alicyclic amines) is 1. The highest BCUT2D eigenvalue weighted by atomic mass is 16.5. The summed E-state index contributed by atoms with van der Waals surface area (Å²) in [5.41, 5.74) is 2.12. The van der Waals surface area contributed by atoms with Crippen LogP contribution in [0.3, 0.4) is 0 Å². The standard InChI is InChI=1S/C20H23NO3/c1-15(22)20-18(24-14-17-10-6-3-7-11-17)12-19(23)21(20)13-16-8-4-2-5-9-16/h2-11,15,18,20,22H,12-14H2,1H3/t15-,18+,20+/m1/s1. The number of hydrogen-bond acceptors (Lipinski definition) is 3. The highest BCUT2D eigenvalue weighted by molar-refractivity contribution is 5.80. The van der Waals surface area contributed by atoms with Crippen molar-refractivity contribution in [3.63, 3.8) is 0 Å². The van der Waals surface area contributed by atoms with Gasteiger partial charge in [-0.05, 0) is 18.1 Å². The van der Waals surface area contributed by atoms with Crippen LogP contribution in [0, 0.1) is 0 Å². The zero-order valence-corrected chi connectivity index (χ0v) is 13.8. The summed E-state index contributed by atoms with van der Waals surface area (Å²) in [6, 6.07) is 19.4. The Kier molecular flexibility index (Phi) is 5.28. The molecule has 0 bridgehead atoms. The molecule has 2 aromatic carbocycles. The van der Waals surface area contributed by atoms with Crippen molar-refractivity contribution in [1.29, 1.82) is 0 Å². The summed E-state index contributed by atoms with van der Waals surface area (Å²) in [6.07, 6.45) is -0.614. The number of amides is 1. The molecule has 24 heavy (non-hydrogen) atoms. The minimum Gasteiger partial charge on any atom is -0.391 e. The largest absolute Gasteiger partial charge is 0.391 e. The number of rotatable bonds is 6. The molecule has 1 N–H and O–H groups in total. The number of carbonyl (C=O) groups excluding carboxylic acids is 1. The molecular weight excluding hydrogens is 302 g/mol. The van der Waals surface area contributed by atoms with Gasteiger partial charge < -0.3 is 14.7 Å². The second-order valence-electron chi connectivity index (χ2n) is 6.28. The molecule has 1 aliphatic rings. The van der Waals surface area contributed by atoms with Crippen LogP contribution in [0.5, 0.6) is 0 Å². The van der Waals surface area contributed by atoms with Crippen molar-refractivity contribution in [3.8, 4) is 0 Å². The van der Waals surface area contributed by atoms with Crippen molar-refractivity contribution in [2.75, 3.05) is 0 Å². The Morgan fingerprint density at radius 2 is 1.67 bits per heavy atom. The van der Waals surface area contributed by atoms with Crippen LogP contribution >= 0.6 is 0 Å². The SMILES string of the molecule is C[C@@H](O)[C@H]1[C@@H](OCc2ccccc2)CC(=O)N1Cc1ccccc1. The predicted molar refractivity (Wildman–Crippen MR) is 92.1 cm³/mol. The van der Waals surface area contributed by atoms with Gasteiger partial charge in [-0.3, -0.25) is 4.79 Å². The monoisotopic (exact) mass is 325 g/mol. The highest BCUT2D eigenvalue weighted by Gasteiger charge is 2.42. The molecule has 2 aromatic rings. The van der Waals surface area contributed by atoms with Crippen LogP contribution in [0.4, 0.5) is 0 Å². The predicted octanol–water partition coefficient (Wildman–Crippen LogP) is 2.75. The number of aliphatic hydroxyl groups excluding tert-OH is 1. The molecular formula is C20H23NO3. The third-order valence-corrected chi connectivity index (χ3v) is 4.43. The lowest BCUT2D eigenvalue weighted by molar-refractivity contribution is -0.131. The number of aliphatic hydroxyl groups is 1. The summed E-state index contributed by atoms with van der Waals surface area (Å²) in [5, 5.41) is 10.2. The van der Waals surface area contributed by atoms with E-state index in [1.165, 1.54) is 0 Å². The second-order valence-corrected chi connectivity index (χ2v) is 6.28. The van der Waals surface area contributed by atoms with E-state index >= 15 is 0 Å². The van der Waals surface area contributed by atoms with Gasteiger partial charge in [0.05, 0.1) is 31.3 Å². The van der Waals surface area contributed by atoms with Crippen LogP contribution in [0.15, 0.2) is 60.7 Å². The normalized spacial score (nSPS) is 21.9. The summed E-state index contributed by atoms with van der Waals surface area (Å²) >= 11 is 0. The lowest BCUT2D eigenvalue weighted by Crippen LogP contribution is -2.44. The summed E-state index contributed by atoms with van der Waals surface area (Å²) in [5.74, 6) is 0.0304. The van der Waals surface area contributed by atoms with Gasteiger partial charge >= 0.3 is 0 Å². The Labute approximate surface area is 142 Å². The van der Waals surface area contributed by atoms with Crippen molar-refractivity contribution in [1.82, 2.24) is 4.90 Å². The van der Waals surface area contributed by atoms with E-state index in [1.807, 2.05) is 60.7 Å². The molecule has 1 saturated heterocycles. The van der Waals surface area contributed by atoms with E-state index in [4.69, 9.17) is 4.74 Å². The first-order valence-electron chi connectivity index (χ1n) is 8.32. The van der Waals surface area contributed by atoms with Gasteiger partial charge in [-0.2, -0.15) is 0 Å². The van der Waals surface area contributed by atoms with Crippen molar-refractivity contribution >= 4 is 5.91 Å². The van der Waals surface area contributed by atoms with Crippen LogP contribution in [0.2, 0.25) is 0 Å². The lowest BCUT2D eigenvalue weighted by atomic mass is 10.1. The van der Waals surface area contributed by atoms with Crippen molar-refractivity contribution in [3.05, 3.63) is 71.8 Å². The fourth-order valence-electron chi connectivity index (χ4n) is 3.26. The molecule has 3 rings (SSSR count). The summed E-state index contributed by atoms with van der Waals surface area (Å²) < 4.78 is 5.98. The molecule has 1 heterocycles. The minimum atomic E-state index is -0.638. The lowest BCUT2D eigenvalue weighted by Gasteiger charge is -2.30. The topological polar surface area (TPSA) is 49.8 Å². The fourth-order valence-corrected chi connectivity index (χ4v) is 3.26. The number of nitrogens with zero attached hydrogens (tertiary/aromatic N) is 1. The molecule has 0 radical (unpaired) electrons. The quantitative estimate of drug-likeness (QED) is 0.888.